The van der Waals surface area contributed by atoms with Crippen LogP contribution in [0.25, 0.3) is 0 Å². The second-order valence-electron chi connectivity index (χ2n) is 5.34. The minimum Gasteiger partial charge on any atom is -0.476 e. The van der Waals surface area contributed by atoms with Crippen LogP contribution in [0.1, 0.15) is 28.9 Å². The average Bonchev–Trinajstić information content (AvgIpc) is 3.14. The molecule has 122 valence electrons. The molecule has 1 N–H and O–H groups in total. The zero-order valence-electron chi connectivity index (χ0n) is 12.9. The molecule has 3 heterocycles. The zero-order chi connectivity index (χ0) is 15.9. The summed E-state index contributed by atoms with van der Waals surface area (Å²) in [7, 11) is 0. The molecule has 1 amide bonds. The summed E-state index contributed by atoms with van der Waals surface area (Å²) in [5, 5.41) is 4.71. The number of piperidine rings is 1. The van der Waals surface area contributed by atoms with Crippen molar-refractivity contribution >= 4 is 23.1 Å². The second-order valence-corrected chi connectivity index (χ2v) is 6.29. The van der Waals surface area contributed by atoms with Crippen LogP contribution in [-0.4, -0.2) is 42.1 Å². The number of hydrogen-bond donors (Lipinski definition) is 1. The fraction of sp³-hybridized carbons (Fsp3) is 0.438. The first kappa shape index (κ1) is 15.7. The number of amides is 1. The molecule has 1 aliphatic heterocycles. The van der Waals surface area contributed by atoms with Crippen molar-refractivity contribution in [3.05, 3.63) is 34.8 Å². The molecule has 0 spiro atoms. The van der Waals surface area contributed by atoms with Gasteiger partial charge in [-0.25, -0.2) is 9.97 Å². The molecule has 0 saturated carbocycles. The predicted octanol–water partition coefficient (Wildman–Crippen LogP) is 2.34. The zero-order valence-corrected chi connectivity index (χ0v) is 13.7. The summed E-state index contributed by atoms with van der Waals surface area (Å²) in [6.45, 7) is 2.90. The number of rotatable bonds is 6. The molecular weight excluding hydrogens is 312 g/mol. The normalized spacial score (nSPS) is 14.5. The number of aromatic nitrogens is 2. The number of hydrogen-bond acceptors (Lipinski definition) is 6. The number of ether oxygens (including phenoxy) is 1. The third kappa shape index (κ3) is 4.41. The van der Waals surface area contributed by atoms with Crippen LogP contribution in [0, 0.1) is 0 Å². The van der Waals surface area contributed by atoms with E-state index in [1.54, 1.807) is 6.07 Å². The molecule has 1 fully saturated rings. The van der Waals surface area contributed by atoms with E-state index in [1.165, 1.54) is 36.9 Å². The Morgan fingerprint density at radius 1 is 1.30 bits per heavy atom. The Hall–Kier alpha value is -2.15. The van der Waals surface area contributed by atoms with Crippen molar-refractivity contribution in [2.75, 3.05) is 31.1 Å². The van der Waals surface area contributed by atoms with Gasteiger partial charge in [0.25, 0.3) is 5.91 Å². The number of nitrogens with one attached hydrogen (secondary N) is 1. The van der Waals surface area contributed by atoms with Crippen molar-refractivity contribution in [1.29, 1.82) is 0 Å². The topological polar surface area (TPSA) is 67.3 Å². The van der Waals surface area contributed by atoms with Gasteiger partial charge >= 0.3 is 0 Å². The van der Waals surface area contributed by atoms with E-state index >= 15 is 0 Å². The summed E-state index contributed by atoms with van der Waals surface area (Å²) >= 11 is 1.42. The molecule has 0 radical (unpaired) electrons. The Balaban J connectivity index is 1.45. The maximum atomic E-state index is 11.8. The third-order valence-electron chi connectivity index (χ3n) is 3.69. The predicted molar refractivity (Wildman–Crippen MR) is 90.2 cm³/mol. The summed E-state index contributed by atoms with van der Waals surface area (Å²) in [4.78, 5) is 23.2. The molecule has 23 heavy (non-hydrogen) atoms. The van der Waals surface area contributed by atoms with E-state index in [1.807, 2.05) is 17.5 Å². The SMILES string of the molecule is O=C(NCCOc1cc(N2CCCCC2)ncn1)c1cccs1. The lowest BCUT2D eigenvalue weighted by molar-refractivity contribution is 0.0950. The average molecular weight is 332 g/mol. The molecule has 7 heteroatoms. The van der Waals surface area contributed by atoms with Crippen LogP contribution in [-0.2, 0) is 0 Å². The van der Waals surface area contributed by atoms with Crippen molar-refractivity contribution in [3.63, 3.8) is 0 Å². The monoisotopic (exact) mass is 332 g/mol. The molecule has 2 aromatic heterocycles. The number of thiophene rings is 1. The quantitative estimate of drug-likeness (QED) is 0.823. The van der Waals surface area contributed by atoms with E-state index in [0.717, 1.165) is 18.9 Å². The van der Waals surface area contributed by atoms with E-state index < -0.39 is 0 Å². The molecule has 0 aromatic carbocycles. The highest BCUT2D eigenvalue weighted by Crippen LogP contribution is 2.19. The lowest BCUT2D eigenvalue weighted by atomic mass is 10.1. The maximum Gasteiger partial charge on any atom is 0.261 e. The van der Waals surface area contributed by atoms with E-state index in [-0.39, 0.29) is 5.91 Å². The Labute approximate surface area is 139 Å². The van der Waals surface area contributed by atoms with Gasteiger partial charge in [0.05, 0.1) is 11.4 Å². The molecule has 1 saturated heterocycles. The van der Waals surface area contributed by atoms with Gasteiger partial charge in [-0.1, -0.05) is 6.07 Å². The largest absolute Gasteiger partial charge is 0.476 e. The first-order chi connectivity index (χ1) is 11.3. The van der Waals surface area contributed by atoms with Crippen LogP contribution in [0.15, 0.2) is 29.9 Å². The lowest BCUT2D eigenvalue weighted by Gasteiger charge is -2.27. The van der Waals surface area contributed by atoms with Crippen LogP contribution < -0.4 is 15.0 Å². The molecule has 3 rings (SSSR count). The van der Waals surface area contributed by atoms with Gasteiger partial charge in [0.15, 0.2) is 0 Å². The smallest absolute Gasteiger partial charge is 0.261 e. The Morgan fingerprint density at radius 2 is 2.17 bits per heavy atom. The lowest BCUT2D eigenvalue weighted by Crippen LogP contribution is -2.30. The van der Waals surface area contributed by atoms with E-state index in [0.29, 0.717) is 23.9 Å². The van der Waals surface area contributed by atoms with Gasteiger partial charge in [-0.05, 0) is 30.7 Å². The molecule has 0 atom stereocenters. The van der Waals surface area contributed by atoms with Crippen molar-refractivity contribution < 1.29 is 9.53 Å². The molecule has 0 aliphatic carbocycles. The Bertz CT molecular complexity index is 627. The number of anilines is 1. The molecule has 0 unspecified atom stereocenters. The van der Waals surface area contributed by atoms with E-state index in [2.05, 4.69) is 20.2 Å². The van der Waals surface area contributed by atoms with Gasteiger partial charge in [-0.3, -0.25) is 4.79 Å². The highest BCUT2D eigenvalue weighted by atomic mass is 32.1. The summed E-state index contributed by atoms with van der Waals surface area (Å²) in [6, 6.07) is 5.53. The first-order valence-corrected chi connectivity index (χ1v) is 8.72. The fourth-order valence-corrected chi connectivity index (χ4v) is 3.16. The molecule has 6 nitrogen and oxygen atoms in total. The van der Waals surface area contributed by atoms with Crippen LogP contribution in [0.2, 0.25) is 0 Å². The van der Waals surface area contributed by atoms with Gasteiger partial charge in [-0.2, -0.15) is 0 Å². The summed E-state index contributed by atoms with van der Waals surface area (Å²) < 4.78 is 5.62. The van der Waals surface area contributed by atoms with Gasteiger partial charge in [-0.15, -0.1) is 11.3 Å². The fourth-order valence-electron chi connectivity index (χ4n) is 2.52. The standard InChI is InChI=1S/C16H20N4O2S/c21-16(13-5-4-10-23-13)17-6-9-22-15-11-14(18-12-19-15)20-7-2-1-3-8-20/h4-5,10-12H,1-3,6-9H2,(H,17,21). The van der Waals surface area contributed by atoms with Crippen molar-refractivity contribution in [2.45, 2.75) is 19.3 Å². The maximum absolute atomic E-state index is 11.8. The van der Waals surface area contributed by atoms with Crippen molar-refractivity contribution in [2.24, 2.45) is 0 Å². The summed E-state index contributed by atoms with van der Waals surface area (Å²) in [5.74, 6) is 1.39. The van der Waals surface area contributed by atoms with Gasteiger partial charge < -0.3 is 15.0 Å². The minimum atomic E-state index is -0.0692. The first-order valence-electron chi connectivity index (χ1n) is 7.84. The van der Waals surface area contributed by atoms with Crippen LogP contribution >= 0.6 is 11.3 Å². The van der Waals surface area contributed by atoms with Gasteiger partial charge in [0.1, 0.15) is 18.8 Å². The van der Waals surface area contributed by atoms with Gasteiger partial charge in [0.2, 0.25) is 5.88 Å². The molecule has 2 aromatic rings. The number of carbonyl (C=O) groups excluding carboxylic acids is 1. The number of carbonyl (C=O) groups is 1. The van der Waals surface area contributed by atoms with Crippen molar-refractivity contribution in [3.8, 4) is 5.88 Å². The van der Waals surface area contributed by atoms with E-state index in [4.69, 9.17) is 4.74 Å². The van der Waals surface area contributed by atoms with Crippen LogP contribution in [0.4, 0.5) is 5.82 Å². The molecule has 0 bridgehead atoms. The molecule has 1 aliphatic rings. The Kier molecular flexibility index (Phi) is 5.42. The third-order valence-corrected chi connectivity index (χ3v) is 4.56. The molecular formula is C16H20N4O2S. The highest BCUT2D eigenvalue weighted by molar-refractivity contribution is 7.12. The van der Waals surface area contributed by atoms with E-state index in [9.17, 15) is 4.79 Å². The number of nitrogens with zero attached hydrogens (tertiary/aromatic N) is 3. The summed E-state index contributed by atoms with van der Waals surface area (Å²) in [6.07, 6.45) is 5.22. The van der Waals surface area contributed by atoms with Crippen LogP contribution in [0.5, 0.6) is 5.88 Å². The second kappa shape index (κ2) is 7.92. The Morgan fingerprint density at radius 3 is 2.96 bits per heavy atom. The van der Waals surface area contributed by atoms with Gasteiger partial charge in [0, 0.05) is 19.2 Å². The van der Waals surface area contributed by atoms with Crippen LogP contribution in [0.3, 0.4) is 0 Å². The highest BCUT2D eigenvalue weighted by Gasteiger charge is 2.13. The summed E-state index contributed by atoms with van der Waals surface area (Å²) in [5.41, 5.74) is 0. The van der Waals surface area contributed by atoms with Crippen molar-refractivity contribution in [1.82, 2.24) is 15.3 Å². The minimum absolute atomic E-state index is 0.0692.